The highest BCUT2D eigenvalue weighted by molar-refractivity contribution is 5.71. The van der Waals surface area contributed by atoms with E-state index in [4.69, 9.17) is 14.2 Å². The van der Waals surface area contributed by atoms with E-state index in [2.05, 4.69) is 20.8 Å². The Hall–Kier alpha value is -1.59. The SMILES string of the molecule is CCCCCCCCCCCCCCCCCCCCCCCCCCCCCCCCC(=O)OCC(COC(=O)CCCCCCCCCCCC)OC(=O)CCCCCCCCCCCCCCCCCCCCCC. The summed E-state index contributed by atoms with van der Waals surface area (Å²) in [5, 5.41) is 0. The van der Waals surface area contributed by atoms with E-state index in [9.17, 15) is 14.4 Å². The third-order valence-electron chi connectivity index (χ3n) is 16.9. The molecule has 0 aromatic carbocycles. The van der Waals surface area contributed by atoms with Crippen molar-refractivity contribution in [3.05, 3.63) is 0 Å². The summed E-state index contributed by atoms with van der Waals surface area (Å²) in [6.07, 6.45) is 80.2. The van der Waals surface area contributed by atoms with Crippen molar-refractivity contribution in [1.82, 2.24) is 0 Å². The van der Waals surface area contributed by atoms with Crippen molar-refractivity contribution in [2.75, 3.05) is 13.2 Å². The monoisotopic (exact) mass is 1100 g/mol. The highest BCUT2D eigenvalue weighted by Crippen LogP contribution is 2.20. The van der Waals surface area contributed by atoms with E-state index in [1.807, 2.05) is 0 Å². The number of hydrogen-bond acceptors (Lipinski definition) is 6. The van der Waals surface area contributed by atoms with Crippen LogP contribution in [0.2, 0.25) is 0 Å². The van der Waals surface area contributed by atoms with Crippen molar-refractivity contribution < 1.29 is 28.6 Å². The Morgan fingerprint density at radius 2 is 0.346 bits per heavy atom. The molecule has 0 aliphatic carbocycles. The Balaban J connectivity index is 4.05. The molecule has 0 saturated heterocycles. The summed E-state index contributed by atoms with van der Waals surface area (Å²) in [5.74, 6) is -0.825. The molecule has 0 aromatic heterocycles. The average molecular weight is 1100 g/mol. The fourth-order valence-electron chi connectivity index (χ4n) is 11.5. The van der Waals surface area contributed by atoms with Crippen LogP contribution in [0, 0.1) is 0 Å². The van der Waals surface area contributed by atoms with E-state index in [0.29, 0.717) is 19.3 Å². The molecule has 0 rings (SSSR count). The second kappa shape index (κ2) is 67.9. The highest BCUT2D eigenvalue weighted by atomic mass is 16.6. The van der Waals surface area contributed by atoms with Gasteiger partial charge in [0.2, 0.25) is 0 Å². The van der Waals surface area contributed by atoms with Crippen molar-refractivity contribution in [1.29, 1.82) is 0 Å². The van der Waals surface area contributed by atoms with Gasteiger partial charge >= 0.3 is 17.9 Å². The third kappa shape index (κ3) is 65.2. The highest BCUT2D eigenvalue weighted by Gasteiger charge is 2.20. The maximum atomic E-state index is 12.9. The van der Waals surface area contributed by atoms with Gasteiger partial charge in [0.25, 0.3) is 0 Å². The quantitative estimate of drug-likeness (QED) is 0.0343. The van der Waals surface area contributed by atoms with Crippen molar-refractivity contribution >= 4 is 17.9 Å². The number of carbonyl (C=O) groups is 3. The van der Waals surface area contributed by atoms with Gasteiger partial charge in [-0.1, -0.05) is 387 Å². The lowest BCUT2D eigenvalue weighted by Crippen LogP contribution is -2.30. The Morgan fingerprint density at radius 1 is 0.205 bits per heavy atom. The Labute approximate surface area is 488 Å². The number of hydrogen-bond donors (Lipinski definition) is 0. The zero-order chi connectivity index (χ0) is 56.4. The first-order valence-corrected chi connectivity index (χ1v) is 36.0. The van der Waals surface area contributed by atoms with E-state index >= 15 is 0 Å². The van der Waals surface area contributed by atoms with E-state index in [1.54, 1.807) is 0 Å². The van der Waals surface area contributed by atoms with Gasteiger partial charge in [0.15, 0.2) is 6.10 Å². The largest absolute Gasteiger partial charge is 0.462 e. The summed E-state index contributed by atoms with van der Waals surface area (Å²) in [5.41, 5.74) is 0. The van der Waals surface area contributed by atoms with Gasteiger partial charge < -0.3 is 14.2 Å². The second-order valence-electron chi connectivity index (χ2n) is 24.9. The van der Waals surface area contributed by atoms with Gasteiger partial charge in [-0.15, -0.1) is 0 Å². The molecule has 0 fully saturated rings. The first-order chi connectivity index (χ1) is 38.5. The van der Waals surface area contributed by atoms with Crippen LogP contribution in [-0.4, -0.2) is 37.2 Å². The summed E-state index contributed by atoms with van der Waals surface area (Å²) in [4.78, 5) is 38.3. The molecule has 0 amide bonds. The van der Waals surface area contributed by atoms with Gasteiger partial charge in [-0.25, -0.2) is 0 Å². The van der Waals surface area contributed by atoms with Crippen LogP contribution in [0.15, 0.2) is 0 Å². The molecule has 464 valence electrons. The molecule has 0 radical (unpaired) electrons. The summed E-state index contributed by atoms with van der Waals surface area (Å²) in [6, 6.07) is 0. The Bertz CT molecular complexity index is 1170. The topological polar surface area (TPSA) is 78.9 Å². The molecule has 1 unspecified atom stereocenters. The van der Waals surface area contributed by atoms with Gasteiger partial charge in [0.1, 0.15) is 13.2 Å². The Morgan fingerprint density at radius 3 is 0.513 bits per heavy atom. The second-order valence-corrected chi connectivity index (χ2v) is 24.9. The van der Waals surface area contributed by atoms with E-state index in [-0.39, 0.29) is 31.1 Å². The molecule has 0 saturated carbocycles. The fraction of sp³-hybridized carbons (Fsp3) is 0.958. The summed E-state index contributed by atoms with van der Waals surface area (Å²) < 4.78 is 17.0. The van der Waals surface area contributed by atoms with Crippen LogP contribution in [0.3, 0.4) is 0 Å². The minimum Gasteiger partial charge on any atom is -0.462 e. The maximum absolute atomic E-state index is 12.9. The summed E-state index contributed by atoms with van der Waals surface area (Å²) >= 11 is 0. The normalized spacial score (nSPS) is 11.9. The van der Waals surface area contributed by atoms with Crippen molar-refractivity contribution in [2.45, 2.75) is 431 Å². The molecule has 6 nitrogen and oxygen atoms in total. The molecule has 0 N–H and O–H groups in total. The minimum atomic E-state index is -0.762. The molecule has 0 aliphatic heterocycles. The van der Waals surface area contributed by atoms with Gasteiger partial charge in [0, 0.05) is 19.3 Å². The Kier molecular flexibility index (Phi) is 66.5. The average Bonchev–Trinajstić information content (AvgIpc) is 3.44. The van der Waals surface area contributed by atoms with Crippen LogP contribution in [-0.2, 0) is 28.6 Å². The first kappa shape index (κ1) is 76.4. The molecule has 0 bridgehead atoms. The zero-order valence-corrected chi connectivity index (χ0v) is 53.5. The molecular formula is C72H140O6. The molecule has 0 spiro atoms. The van der Waals surface area contributed by atoms with E-state index < -0.39 is 6.10 Å². The standard InChI is InChI=1S/C72H140O6/c1-4-7-10-13-16-19-22-24-26-28-30-32-33-34-35-36-37-38-39-40-41-43-44-46-48-50-53-56-59-62-65-71(74)77-68-69(67-76-70(73)64-61-58-55-52-21-18-15-12-9-6-3)78-72(75)66-63-60-57-54-51-49-47-45-42-31-29-27-25-23-20-17-14-11-8-5-2/h69H,4-68H2,1-3H3. The van der Waals surface area contributed by atoms with Gasteiger partial charge in [-0.05, 0) is 19.3 Å². The number of carbonyl (C=O) groups excluding carboxylic acids is 3. The van der Waals surface area contributed by atoms with E-state index in [1.165, 1.54) is 327 Å². The van der Waals surface area contributed by atoms with E-state index in [0.717, 1.165) is 57.8 Å². The van der Waals surface area contributed by atoms with Crippen molar-refractivity contribution in [3.63, 3.8) is 0 Å². The zero-order valence-electron chi connectivity index (χ0n) is 53.5. The number of ether oxygens (including phenoxy) is 3. The van der Waals surface area contributed by atoms with Gasteiger partial charge in [-0.3, -0.25) is 14.4 Å². The number of rotatable bonds is 68. The number of esters is 3. The van der Waals surface area contributed by atoms with Gasteiger partial charge in [0.05, 0.1) is 0 Å². The lowest BCUT2D eigenvalue weighted by molar-refractivity contribution is -0.167. The van der Waals surface area contributed by atoms with Crippen LogP contribution < -0.4 is 0 Å². The minimum absolute atomic E-state index is 0.0606. The lowest BCUT2D eigenvalue weighted by Gasteiger charge is -2.18. The number of unbranched alkanes of at least 4 members (excludes halogenated alkanes) is 57. The lowest BCUT2D eigenvalue weighted by atomic mass is 10.0. The predicted molar refractivity (Wildman–Crippen MR) is 340 cm³/mol. The predicted octanol–water partition coefficient (Wildman–Crippen LogP) is 24.6. The molecule has 0 aliphatic rings. The molecular weight excluding hydrogens is 961 g/mol. The molecule has 0 heterocycles. The third-order valence-corrected chi connectivity index (χ3v) is 16.9. The molecule has 6 heteroatoms. The molecule has 78 heavy (non-hydrogen) atoms. The fourth-order valence-corrected chi connectivity index (χ4v) is 11.5. The van der Waals surface area contributed by atoms with Gasteiger partial charge in [-0.2, -0.15) is 0 Å². The van der Waals surface area contributed by atoms with Crippen molar-refractivity contribution in [2.24, 2.45) is 0 Å². The van der Waals surface area contributed by atoms with Crippen LogP contribution in [0.25, 0.3) is 0 Å². The van der Waals surface area contributed by atoms with Crippen LogP contribution in [0.5, 0.6) is 0 Å². The van der Waals surface area contributed by atoms with Crippen molar-refractivity contribution in [3.8, 4) is 0 Å². The molecule has 0 aromatic rings. The molecule has 1 atom stereocenters. The summed E-state index contributed by atoms with van der Waals surface area (Å²) in [7, 11) is 0. The first-order valence-electron chi connectivity index (χ1n) is 36.0. The maximum Gasteiger partial charge on any atom is 0.306 e. The van der Waals surface area contributed by atoms with Crippen LogP contribution >= 0.6 is 0 Å². The van der Waals surface area contributed by atoms with Crippen LogP contribution in [0.4, 0.5) is 0 Å². The smallest absolute Gasteiger partial charge is 0.306 e. The van der Waals surface area contributed by atoms with Crippen LogP contribution in [0.1, 0.15) is 425 Å². The summed E-state index contributed by atoms with van der Waals surface area (Å²) in [6.45, 7) is 6.73.